The SMILES string of the molecule is CCCC(CCCCCCCCOc1ccc(-c2ccc3cc(O)c(F)c(F)c3c2F)c(F)c1)CCCCCCCCOc1ccc(-c2ccc3cc(OCC)c(F)c(F)c3c2F)c(F)c1F. The van der Waals surface area contributed by atoms with E-state index in [9.17, 15) is 22.7 Å². The predicted molar refractivity (Wildman–Crippen MR) is 245 cm³/mol. The molecule has 0 bridgehead atoms. The van der Waals surface area contributed by atoms with Gasteiger partial charge in [-0.3, -0.25) is 0 Å². The average molecular weight is 941 g/mol. The normalized spacial score (nSPS) is 12.0. The van der Waals surface area contributed by atoms with Crippen LogP contribution >= 0.6 is 0 Å². The number of benzene rings is 6. The summed E-state index contributed by atoms with van der Waals surface area (Å²) in [7, 11) is 0. The molecular formula is C54H57F9O4. The molecule has 67 heavy (non-hydrogen) atoms. The summed E-state index contributed by atoms with van der Waals surface area (Å²) in [6.45, 7) is 4.46. The van der Waals surface area contributed by atoms with Crippen molar-refractivity contribution in [3.63, 3.8) is 0 Å². The van der Waals surface area contributed by atoms with Crippen LogP contribution in [0.25, 0.3) is 43.8 Å². The van der Waals surface area contributed by atoms with Gasteiger partial charge in [-0.05, 0) is 72.9 Å². The summed E-state index contributed by atoms with van der Waals surface area (Å²) >= 11 is 0. The topological polar surface area (TPSA) is 47.9 Å². The van der Waals surface area contributed by atoms with Gasteiger partial charge in [0.15, 0.2) is 34.7 Å². The molecule has 6 rings (SSSR count). The van der Waals surface area contributed by atoms with Gasteiger partial charge >= 0.3 is 0 Å². The van der Waals surface area contributed by atoms with Crippen LogP contribution in [-0.4, -0.2) is 24.9 Å². The molecule has 0 saturated carbocycles. The maximum Gasteiger partial charge on any atom is 0.201 e. The van der Waals surface area contributed by atoms with Crippen LogP contribution in [0.4, 0.5) is 39.5 Å². The number of unbranched alkanes of at least 4 members (excludes halogenated alkanes) is 10. The van der Waals surface area contributed by atoms with Crippen LogP contribution in [0, 0.1) is 58.3 Å². The van der Waals surface area contributed by atoms with Crippen LogP contribution in [0.15, 0.2) is 66.7 Å². The molecule has 0 aliphatic heterocycles. The summed E-state index contributed by atoms with van der Waals surface area (Å²) in [5.74, 6) is -12.3. The maximum atomic E-state index is 15.4. The Kier molecular flexibility index (Phi) is 18.5. The second kappa shape index (κ2) is 24.4. The minimum Gasteiger partial charge on any atom is -0.505 e. The van der Waals surface area contributed by atoms with Gasteiger partial charge in [0.2, 0.25) is 17.5 Å². The molecule has 0 radical (unpaired) electrons. The van der Waals surface area contributed by atoms with Gasteiger partial charge < -0.3 is 19.3 Å². The van der Waals surface area contributed by atoms with E-state index in [1.807, 2.05) is 0 Å². The molecule has 1 unspecified atom stereocenters. The molecule has 1 atom stereocenters. The van der Waals surface area contributed by atoms with Crippen molar-refractivity contribution in [2.75, 3.05) is 19.8 Å². The zero-order chi connectivity index (χ0) is 48.0. The van der Waals surface area contributed by atoms with Crippen molar-refractivity contribution < 1.29 is 58.8 Å². The van der Waals surface area contributed by atoms with Gasteiger partial charge in [0.05, 0.1) is 30.6 Å². The minimum absolute atomic E-state index is 0.0166. The monoisotopic (exact) mass is 940 g/mol. The lowest BCUT2D eigenvalue weighted by Gasteiger charge is -2.16. The van der Waals surface area contributed by atoms with Crippen molar-refractivity contribution in [3.05, 3.63) is 119 Å². The van der Waals surface area contributed by atoms with Crippen molar-refractivity contribution in [1.82, 2.24) is 0 Å². The van der Waals surface area contributed by atoms with Gasteiger partial charge in [0.1, 0.15) is 23.2 Å². The predicted octanol–water partition coefficient (Wildman–Crippen LogP) is 17.0. The molecule has 0 spiro atoms. The fraction of sp³-hybridized carbons (Fsp3) is 0.407. The number of aromatic hydroxyl groups is 1. The van der Waals surface area contributed by atoms with E-state index in [1.165, 1.54) is 68.1 Å². The standard InChI is InChI=1S/C54H57F9O4/c1-3-17-33(18-13-9-5-7-11-15-28-66-36-22-25-37(41(55)32-36)38-23-20-34-30-42(64)50(59)53(62)45(34)47(38)56)19-14-10-6-8-12-16-29-67-43-27-26-40(49(58)51(43)60)39-24-21-35-31-44(65-4-2)52(61)54(63)46(35)48(39)57/h20-27,30-33,64H,3-19,28-29H2,1-2H3. The maximum absolute atomic E-state index is 15.4. The Bertz CT molecular complexity index is 2620. The molecule has 360 valence electrons. The lowest BCUT2D eigenvalue weighted by Crippen LogP contribution is -2.03. The fourth-order valence-electron chi connectivity index (χ4n) is 8.75. The molecule has 6 aromatic rings. The van der Waals surface area contributed by atoms with Gasteiger partial charge in [-0.1, -0.05) is 121 Å². The van der Waals surface area contributed by atoms with Crippen LogP contribution in [0.2, 0.25) is 0 Å². The number of hydrogen-bond donors (Lipinski definition) is 1. The van der Waals surface area contributed by atoms with Crippen molar-refractivity contribution in [2.24, 2.45) is 5.92 Å². The van der Waals surface area contributed by atoms with Gasteiger partial charge in [-0.15, -0.1) is 0 Å². The number of fused-ring (bicyclic) bond motifs is 2. The molecule has 0 aromatic heterocycles. The molecule has 0 amide bonds. The molecule has 0 saturated heterocycles. The number of rotatable bonds is 26. The number of halogens is 9. The first-order valence-corrected chi connectivity index (χ1v) is 23.4. The largest absolute Gasteiger partial charge is 0.505 e. The van der Waals surface area contributed by atoms with Gasteiger partial charge in [-0.2, -0.15) is 13.2 Å². The lowest BCUT2D eigenvalue weighted by molar-refractivity contribution is 0.284. The highest BCUT2D eigenvalue weighted by molar-refractivity contribution is 5.91. The number of phenols is 1. The van der Waals surface area contributed by atoms with Crippen molar-refractivity contribution in [1.29, 1.82) is 0 Å². The Hall–Kier alpha value is -5.59. The van der Waals surface area contributed by atoms with E-state index < -0.39 is 80.0 Å². The van der Waals surface area contributed by atoms with E-state index in [0.29, 0.717) is 18.9 Å². The number of ether oxygens (including phenoxy) is 3. The fourth-order valence-corrected chi connectivity index (χ4v) is 8.75. The molecular weight excluding hydrogens is 884 g/mol. The zero-order valence-corrected chi connectivity index (χ0v) is 37.9. The van der Waals surface area contributed by atoms with Crippen LogP contribution < -0.4 is 14.2 Å². The van der Waals surface area contributed by atoms with E-state index in [2.05, 4.69) is 6.92 Å². The highest BCUT2D eigenvalue weighted by Gasteiger charge is 2.24. The highest BCUT2D eigenvalue weighted by atomic mass is 19.2. The number of hydrogen-bond acceptors (Lipinski definition) is 4. The van der Waals surface area contributed by atoms with E-state index in [-0.39, 0.29) is 52.4 Å². The van der Waals surface area contributed by atoms with Crippen molar-refractivity contribution in [2.45, 2.75) is 117 Å². The first-order chi connectivity index (χ1) is 32.4. The molecule has 0 aliphatic rings. The van der Waals surface area contributed by atoms with E-state index in [1.54, 1.807) is 6.92 Å². The third kappa shape index (κ3) is 12.5. The molecule has 4 nitrogen and oxygen atoms in total. The van der Waals surface area contributed by atoms with E-state index >= 15 is 22.0 Å². The Labute approximate surface area is 386 Å². The highest BCUT2D eigenvalue weighted by Crippen LogP contribution is 2.39. The lowest BCUT2D eigenvalue weighted by atomic mass is 9.90. The number of phenolic OH excluding ortho intramolecular Hbond substituents is 1. The zero-order valence-electron chi connectivity index (χ0n) is 37.9. The van der Waals surface area contributed by atoms with E-state index in [4.69, 9.17) is 14.2 Å². The molecule has 0 aliphatic carbocycles. The second-order valence-corrected chi connectivity index (χ2v) is 17.1. The van der Waals surface area contributed by atoms with Crippen molar-refractivity contribution >= 4 is 21.5 Å². The summed E-state index contributed by atoms with van der Waals surface area (Å²) in [5, 5.41) is 8.15. The molecule has 13 heteroatoms. The van der Waals surface area contributed by atoms with Crippen LogP contribution in [0.3, 0.4) is 0 Å². The van der Waals surface area contributed by atoms with Crippen LogP contribution in [0.1, 0.15) is 117 Å². The van der Waals surface area contributed by atoms with Gasteiger partial charge in [0.25, 0.3) is 0 Å². The molecule has 6 aromatic carbocycles. The summed E-state index contributed by atoms with van der Waals surface area (Å²) in [6.07, 6.45) is 16.9. The first-order valence-electron chi connectivity index (χ1n) is 23.4. The Morgan fingerprint density at radius 1 is 0.418 bits per heavy atom. The third-order valence-corrected chi connectivity index (χ3v) is 12.3. The van der Waals surface area contributed by atoms with Crippen LogP contribution in [-0.2, 0) is 0 Å². The Morgan fingerprint density at radius 2 is 0.910 bits per heavy atom. The molecule has 1 N–H and O–H groups in total. The van der Waals surface area contributed by atoms with Crippen molar-refractivity contribution in [3.8, 4) is 45.3 Å². The van der Waals surface area contributed by atoms with Gasteiger partial charge in [0, 0.05) is 28.3 Å². The average Bonchev–Trinajstić information content (AvgIpc) is 3.30. The molecule has 0 heterocycles. The second-order valence-electron chi connectivity index (χ2n) is 17.1. The quantitative estimate of drug-likeness (QED) is 0.0435. The summed E-state index contributed by atoms with van der Waals surface area (Å²) < 4.78 is 150. The first kappa shape index (κ1) is 50.8. The third-order valence-electron chi connectivity index (χ3n) is 12.3. The summed E-state index contributed by atoms with van der Waals surface area (Å²) in [6, 6.07) is 13.5. The van der Waals surface area contributed by atoms with E-state index in [0.717, 1.165) is 94.9 Å². The smallest absolute Gasteiger partial charge is 0.201 e. The Balaban J connectivity index is 0.814. The summed E-state index contributed by atoms with van der Waals surface area (Å²) in [4.78, 5) is 0. The van der Waals surface area contributed by atoms with Gasteiger partial charge in [-0.25, -0.2) is 26.3 Å². The summed E-state index contributed by atoms with van der Waals surface area (Å²) in [5.41, 5.74) is -1.21. The Morgan fingerprint density at radius 3 is 1.51 bits per heavy atom. The molecule has 0 fully saturated rings. The minimum atomic E-state index is -1.57. The van der Waals surface area contributed by atoms with Crippen LogP contribution in [0.5, 0.6) is 23.0 Å².